The van der Waals surface area contributed by atoms with Crippen molar-refractivity contribution in [2.24, 2.45) is 0 Å². The van der Waals surface area contributed by atoms with Crippen LogP contribution in [0.5, 0.6) is 11.5 Å². The molecule has 0 aliphatic heterocycles. The van der Waals surface area contributed by atoms with E-state index in [-0.39, 0.29) is 19.3 Å². The van der Waals surface area contributed by atoms with Crippen molar-refractivity contribution in [3.05, 3.63) is 48.5 Å². The van der Waals surface area contributed by atoms with Gasteiger partial charge in [-0.3, -0.25) is 8.37 Å². The molecule has 0 N–H and O–H groups in total. The lowest BCUT2D eigenvalue weighted by atomic mass is 9.95. The highest BCUT2D eigenvalue weighted by Crippen LogP contribution is 2.31. The van der Waals surface area contributed by atoms with Crippen molar-refractivity contribution in [3.63, 3.8) is 0 Å². The summed E-state index contributed by atoms with van der Waals surface area (Å²) in [4.78, 5) is -0.872. The third-order valence-corrected chi connectivity index (χ3v) is 7.55. The van der Waals surface area contributed by atoms with Crippen molar-refractivity contribution in [3.8, 4) is 11.5 Å². The molecular weight excluding hydrogens is 546 g/mol. The fraction of sp³-hybridized carbons (Fsp3) is 0.400. The predicted octanol–water partition coefficient (Wildman–Crippen LogP) is 4.91. The van der Waals surface area contributed by atoms with Gasteiger partial charge in [0.15, 0.2) is 0 Å². The highest BCUT2D eigenvalue weighted by atomic mass is 32.2. The highest BCUT2D eigenvalue weighted by molar-refractivity contribution is 7.87. The maximum Gasteiger partial charge on any atom is 0.573 e. The van der Waals surface area contributed by atoms with Crippen LogP contribution < -0.4 is 9.47 Å². The first-order valence-electron chi connectivity index (χ1n) is 10.1. The molecule has 1 fully saturated rings. The lowest BCUT2D eigenvalue weighted by Gasteiger charge is -2.28. The van der Waals surface area contributed by atoms with Crippen LogP contribution in [0.2, 0.25) is 0 Å². The van der Waals surface area contributed by atoms with Gasteiger partial charge in [0.1, 0.15) is 11.5 Å². The number of halogens is 6. The summed E-state index contributed by atoms with van der Waals surface area (Å²) >= 11 is 0. The Morgan fingerprint density at radius 1 is 0.611 bits per heavy atom. The van der Waals surface area contributed by atoms with Crippen molar-refractivity contribution < 1.29 is 61.0 Å². The predicted molar refractivity (Wildman–Crippen MR) is 109 cm³/mol. The summed E-state index contributed by atoms with van der Waals surface area (Å²) in [6.45, 7) is 0. The normalized spacial score (nSPS) is 19.6. The van der Waals surface area contributed by atoms with Gasteiger partial charge in [-0.2, -0.15) is 16.8 Å². The number of benzene rings is 2. The molecule has 0 heterocycles. The summed E-state index contributed by atoms with van der Waals surface area (Å²) in [5, 5.41) is 0. The Bertz CT molecular complexity index is 1140. The molecule has 0 saturated heterocycles. The molecule has 2 atom stereocenters. The first-order valence-corrected chi connectivity index (χ1v) is 12.9. The molecule has 2 unspecified atom stereocenters. The van der Waals surface area contributed by atoms with Gasteiger partial charge in [-0.05, 0) is 67.8 Å². The molecule has 0 spiro atoms. The van der Waals surface area contributed by atoms with Gasteiger partial charge in [-0.25, -0.2) is 0 Å². The van der Waals surface area contributed by atoms with E-state index in [1.807, 2.05) is 0 Å². The summed E-state index contributed by atoms with van der Waals surface area (Å²) in [6.07, 6.45) is -11.2. The Morgan fingerprint density at radius 2 is 0.944 bits per heavy atom. The Kier molecular flexibility index (Phi) is 8.12. The number of hydrogen-bond donors (Lipinski definition) is 0. The number of ether oxygens (including phenoxy) is 2. The average molecular weight is 564 g/mol. The van der Waals surface area contributed by atoms with E-state index in [9.17, 15) is 43.2 Å². The molecule has 36 heavy (non-hydrogen) atoms. The summed E-state index contributed by atoms with van der Waals surface area (Å²) in [7, 11) is -8.81. The van der Waals surface area contributed by atoms with E-state index >= 15 is 0 Å². The molecule has 8 nitrogen and oxygen atoms in total. The lowest BCUT2D eigenvalue weighted by Crippen LogP contribution is -2.31. The van der Waals surface area contributed by atoms with Crippen LogP contribution in [-0.2, 0) is 28.6 Å². The first kappa shape index (κ1) is 28.0. The van der Waals surface area contributed by atoms with E-state index in [0.29, 0.717) is 6.42 Å². The van der Waals surface area contributed by atoms with Crippen LogP contribution in [0.4, 0.5) is 26.3 Å². The number of rotatable bonds is 8. The topological polar surface area (TPSA) is 105 Å². The van der Waals surface area contributed by atoms with E-state index in [0.717, 1.165) is 48.5 Å². The van der Waals surface area contributed by atoms with Crippen LogP contribution in [0, 0.1) is 0 Å². The highest BCUT2D eigenvalue weighted by Gasteiger charge is 2.34. The zero-order chi connectivity index (χ0) is 26.8. The van der Waals surface area contributed by atoms with Crippen LogP contribution in [0.3, 0.4) is 0 Å². The number of alkyl halides is 6. The third-order valence-electron chi connectivity index (χ3n) is 4.80. The summed E-state index contributed by atoms with van der Waals surface area (Å²) in [6, 6.07) is 6.66. The minimum atomic E-state index is -4.95. The monoisotopic (exact) mass is 564 g/mol. The fourth-order valence-corrected chi connectivity index (χ4v) is 5.59. The molecule has 16 heteroatoms. The maximum absolute atomic E-state index is 12.5. The summed E-state index contributed by atoms with van der Waals surface area (Å²) in [5.74, 6) is -1.26. The molecule has 0 aromatic heterocycles. The Balaban J connectivity index is 1.62. The third kappa shape index (κ3) is 8.25. The molecule has 200 valence electrons. The maximum atomic E-state index is 12.5. The quantitative estimate of drug-likeness (QED) is 0.329. The molecule has 2 aromatic carbocycles. The van der Waals surface area contributed by atoms with Crippen LogP contribution in [0.15, 0.2) is 58.3 Å². The van der Waals surface area contributed by atoms with Crippen molar-refractivity contribution in [1.82, 2.24) is 0 Å². The minimum absolute atomic E-state index is 0.150. The van der Waals surface area contributed by atoms with E-state index in [2.05, 4.69) is 9.47 Å². The molecular formula is C20H18F6O8S2. The molecule has 1 aliphatic rings. The van der Waals surface area contributed by atoms with Gasteiger partial charge in [0.25, 0.3) is 20.2 Å². The van der Waals surface area contributed by atoms with E-state index < -0.39 is 66.5 Å². The molecule has 0 bridgehead atoms. The molecule has 3 rings (SSSR count). The van der Waals surface area contributed by atoms with Gasteiger partial charge >= 0.3 is 12.7 Å². The zero-order valence-corrected chi connectivity index (χ0v) is 19.6. The van der Waals surface area contributed by atoms with E-state index in [1.54, 1.807) is 0 Å². The summed E-state index contributed by atoms with van der Waals surface area (Å²) < 4.78 is 141. The van der Waals surface area contributed by atoms with Gasteiger partial charge < -0.3 is 9.47 Å². The largest absolute Gasteiger partial charge is 0.573 e. The van der Waals surface area contributed by atoms with Gasteiger partial charge in [0.05, 0.1) is 22.0 Å². The minimum Gasteiger partial charge on any atom is -0.406 e. The molecule has 1 saturated carbocycles. The SMILES string of the molecule is O=S(=O)(OC1CCCC(OS(=O)(=O)c2ccc(OC(F)(F)F)cc2)C1)c1ccc(OC(F)(F)F)cc1. The number of hydrogen-bond acceptors (Lipinski definition) is 8. The Morgan fingerprint density at radius 3 is 1.25 bits per heavy atom. The molecule has 1 aliphatic carbocycles. The van der Waals surface area contributed by atoms with Crippen LogP contribution in [-0.4, -0.2) is 41.8 Å². The van der Waals surface area contributed by atoms with Crippen molar-refractivity contribution in [2.45, 2.75) is 60.4 Å². The standard InChI is InChI=1S/C20H18F6O8S2/c21-19(22,23)31-13-4-8-17(9-5-13)35(27,28)33-15-2-1-3-16(12-15)34-36(29,30)18-10-6-14(7-11-18)32-20(24,25)26/h4-11,15-16H,1-3,12H2. The van der Waals surface area contributed by atoms with Gasteiger partial charge in [-0.15, -0.1) is 26.3 Å². The lowest BCUT2D eigenvalue weighted by molar-refractivity contribution is -0.275. The van der Waals surface area contributed by atoms with E-state index in [1.165, 1.54) is 0 Å². The smallest absolute Gasteiger partial charge is 0.406 e. The van der Waals surface area contributed by atoms with Crippen LogP contribution >= 0.6 is 0 Å². The Hall–Kier alpha value is -2.56. The second-order valence-electron chi connectivity index (χ2n) is 7.55. The molecule has 2 aromatic rings. The first-order chi connectivity index (χ1) is 16.5. The second kappa shape index (κ2) is 10.4. The van der Waals surface area contributed by atoms with Gasteiger partial charge in [-0.1, -0.05) is 0 Å². The van der Waals surface area contributed by atoms with E-state index in [4.69, 9.17) is 8.37 Å². The van der Waals surface area contributed by atoms with Gasteiger partial charge in [0.2, 0.25) is 0 Å². The molecule has 0 radical (unpaired) electrons. The molecule has 0 amide bonds. The Labute approximate surface area is 202 Å². The fourth-order valence-electron chi connectivity index (χ4n) is 3.36. The van der Waals surface area contributed by atoms with Crippen molar-refractivity contribution in [1.29, 1.82) is 0 Å². The van der Waals surface area contributed by atoms with Crippen LogP contribution in [0.25, 0.3) is 0 Å². The van der Waals surface area contributed by atoms with Crippen molar-refractivity contribution >= 4 is 20.2 Å². The summed E-state index contributed by atoms with van der Waals surface area (Å²) in [5.41, 5.74) is 0. The van der Waals surface area contributed by atoms with Crippen LogP contribution in [0.1, 0.15) is 25.7 Å². The van der Waals surface area contributed by atoms with Crippen molar-refractivity contribution in [2.75, 3.05) is 0 Å². The average Bonchev–Trinajstić information content (AvgIpc) is 2.72. The van der Waals surface area contributed by atoms with Gasteiger partial charge in [0, 0.05) is 6.42 Å². The second-order valence-corrected chi connectivity index (χ2v) is 10.7. The zero-order valence-electron chi connectivity index (χ0n) is 18.0.